The van der Waals surface area contributed by atoms with Gasteiger partial charge in [0.15, 0.2) is 5.96 Å². The van der Waals surface area contributed by atoms with Gasteiger partial charge >= 0.3 is 0 Å². The van der Waals surface area contributed by atoms with E-state index in [4.69, 9.17) is 16.3 Å². The summed E-state index contributed by atoms with van der Waals surface area (Å²) in [5, 5.41) is 7.46. The van der Waals surface area contributed by atoms with E-state index in [1.807, 2.05) is 18.2 Å². The molecule has 0 saturated heterocycles. The van der Waals surface area contributed by atoms with Crippen LogP contribution < -0.4 is 10.6 Å². The Hall–Kier alpha value is -1.26. The lowest BCUT2D eigenvalue weighted by atomic mass is 9.86. The number of hydrogen-bond acceptors (Lipinski definition) is 2. The number of halogens is 1. The number of aliphatic imine (C=N–C) groups is 1. The highest BCUT2D eigenvalue weighted by molar-refractivity contribution is 6.30. The molecule has 0 unspecified atom stereocenters. The molecule has 5 heteroatoms. The van der Waals surface area contributed by atoms with E-state index in [1.165, 1.54) is 5.56 Å². The van der Waals surface area contributed by atoms with E-state index in [9.17, 15) is 0 Å². The van der Waals surface area contributed by atoms with Crippen LogP contribution in [0.15, 0.2) is 29.3 Å². The molecule has 0 fully saturated rings. The first-order valence-corrected chi connectivity index (χ1v) is 8.02. The van der Waals surface area contributed by atoms with Gasteiger partial charge in [0.05, 0.1) is 0 Å². The quantitative estimate of drug-likeness (QED) is 0.438. The minimum Gasteiger partial charge on any atom is -0.385 e. The fourth-order valence-corrected chi connectivity index (χ4v) is 2.44. The van der Waals surface area contributed by atoms with Crippen molar-refractivity contribution in [3.05, 3.63) is 34.9 Å². The van der Waals surface area contributed by atoms with E-state index in [1.54, 1.807) is 14.2 Å². The van der Waals surface area contributed by atoms with E-state index in [2.05, 4.69) is 35.5 Å². The van der Waals surface area contributed by atoms with Gasteiger partial charge in [0.2, 0.25) is 0 Å². The lowest BCUT2D eigenvalue weighted by Gasteiger charge is -2.26. The molecular weight excluding hydrogens is 298 g/mol. The zero-order chi connectivity index (χ0) is 16.4. The maximum Gasteiger partial charge on any atom is 0.190 e. The first-order valence-electron chi connectivity index (χ1n) is 7.65. The third kappa shape index (κ3) is 7.66. The van der Waals surface area contributed by atoms with Gasteiger partial charge in [-0.2, -0.15) is 0 Å². The smallest absolute Gasteiger partial charge is 0.190 e. The van der Waals surface area contributed by atoms with Crippen molar-refractivity contribution >= 4 is 17.6 Å². The van der Waals surface area contributed by atoms with Gasteiger partial charge in [-0.25, -0.2) is 0 Å². The molecule has 0 aromatic heterocycles. The van der Waals surface area contributed by atoms with Gasteiger partial charge in [0.25, 0.3) is 0 Å². The minimum absolute atomic E-state index is 0.106. The summed E-state index contributed by atoms with van der Waals surface area (Å²) in [4.78, 5) is 4.24. The maximum absolute atomic E-state index is 6.05. The molecule has 0 heterocycles. The van der Waals surface area contributed by atoms with Gasteiger partial charge in [-0.3, -0.25) is 4.99 Å². The van der Waals surface area contributed by atoms with Crippen molar-refractivity contribution in [1.82, 2.24) is 10.6 Å². The van der Waals surface area contributed by atoms with Crippen LogP contribution in [-0.2, 0) is 11.2 Å². The zero-order valence-corrected chi connectivity index (χ0v) is 14.8. The highest BCUT2D eigenvalue weighted by atomic mass is 35.5. The summed E-state index contributed by atoms with van der Waals surface area (Å²) < 4.78 is 5.04. The van der Waals surface area contributed by atoms with Crippen LogP contribution >= 0.6 is 11.6 Å². The van der Waals surface area contributed by atoms with Crippen molar-refractivity contribution in [2.24, 2.45) is 10.4 Å². The molecule has 1 aromatic rings. The predicted molar refractivity (Wildman–Crippen MR) is 94.8 cm³/mol. The number of methoxy groups -OCH3 is 1. The molecule has 2 N–H and O–H groups in total. The molecule has 0 aliphatic carbocycles. The van der Waals surface area contributed by atoms with E-state index in [0.29, 0.717) is 0 Å². The van der Waals surface area contributed by atoms with Gasteiger partial charge in [-0.05, 0) is 36.0 Å². The molecule has 0 radical (unpaired) electrons. The first kappa shape index (κ1) is 18.8. The largest absolute Gasteiger partial charge is 0.385 e. The van der Waals surface area contributed by atoms with E-state index in [-0.39, 0.29) is 5.41 Å². The molecule has 124 valence electrons. The third-order valence-electron chi connectivity index (χ3n) is 3.35. The summed E-state index contributed by atoms with van der Waals surface area (Å²) in [7, 11) is 3.50. The van der Waals surface area contributed by atoms with Crippen LogP contribution in [0, 0.1) is 5.41 Å². The van der Waals surface area contributed by atoms with Crippen LogP contribution in [0.4, 0.5) is 0 Å². The Labute approximate surface area is 139 Å². The lowest BCUT2D eigenvalue weighted by Crippen LogP contribution is -2.43. The minimum atomic E-state index is 0.106. The summed E-state index contributed by atoms with van der Waals surface area (Å²) in [6, 6.07) is 8.05. The van der Waals surface area contributed by atoms with Crippen LogP contribution in [0.2, 0.25) is 5.02 Å². The molecule has 0 aliphatic heterocycles. The third-order valence-corrected chi connectivity index (χ3v) is 3.58. The molecule has 0 spiro atoms. The normalized spacial score (nSPS) is 12.3. The summed E-state index contributed by atoms with van der Waals surface area (Å²) in [6.45, 7) is 6.91. The molecule has 0 atom stereocenters. The molecule has 0 bridgehead atoms. The average molecular weight is 326 g/mol. The van der Waals surface area contributed by atoms with Gasteiger partial charge in [-0.1, -0.05) is 37.6 Å². The second-order valence-corrected chi connectivity index (χ2v) is 6.61. The number of ether oxygens (including phenoxy) is 1. The Morgan fingerprint density at radius 1 is 1.32 bits per heavy atom. The molecule has 4 nitrogen and oxygen atoms in total. The van der Waals surface area contributed by atoms with Crippen molar-refractivity contribution in [3.63, 3.8) is 0 Å². The van der Waals surface area contributed by atoms with Crippen LogP contribution in [-0.4, -0.2) is 39.8 Å². The van der Waals surface area contributed by atoms with Crippen molar-refractivity contribution in [2.75, 3.05) is 33.9 Å². The summed E-state index contributed by atoms with van der Waals surface area (Å²) in [5.74, 6) is 0.829. The fraction of sp³-hybridized carbons (Fsp3) is 0.588. The van der Waals surface area contributed by atoms with Gasteiger partial charge in [0.1, 0.15) is 0 Å². The van der Waals surface area contributed by atoms with Gasteiger partial charge < -0.3 is 15.4 Å². The second-order valence-electron chi connectivity index (χ2n) is 6.17. The van der Waals surface area contributed by atoms with E-state index >= 15 is 0 Å². The molecular formula is C17H28ClN3O. The molecule has 0 saturated carbocycles. The Morgan fingerprint density at radius 2 is 2.09 bits per heavy atom. The van der Waals surface area contributed by atoms with Crippen molar-refractivity contribution in [2.45, 2.75) is 26.7 Å². The second kappa shape index (κ2) is 9.70. The zero-order valence-electron chi connectivity index (χ0n) is 14.1. The van der Waals surface area contributed by atoms with Crippen LogP contribution in [0.25, 0.3) is 0 Å². The molecule has 0 amide bonds. The Kier molecular flexibility index (Phi) is 8.28. The predicted octanol–water partition coefficient (Wildman–Crippen LogP) is 3.11. The summed E-state index contributed by atoms with van der Waals surface area (Å²) >= 11 is 6.05. The van der Waals surface area contributed by atoms with Crippen LogP contribution in [0.1, 0.15) is 25.8 Å². The van der Waals surface area contributed by atoms with Crippen molar-refractivity contribution in [1.29, 1.82) is 0 Å². The number of rotatable bonds is 8. The highest BCUT2D eigenvalue weighted by Gasteiger charge is 2.19. The SMILES string of the molecule is CN=C(NCCCOC)NCC(C)(C)Cc1cccc(Cl)c1. The summed E-state index contributed by atoms with van der Waals surface area (Å²) in [6.07, 6.45) is 1.92. The van der Waals surface area contributed by atoms with Gasteiger partial charge in [-0.15, -0.1) is 0 Å². The average Bonchev–Trinajstić information content (AvgIpc) is 2.46. The number of guanidine groups is 1. The van der Waals surface area contributed by atoms with Gasteiger partial charge in [0, 0.05) is 38.9 Å². The maximum atomic E-state index is 6.05. The van der Waals surface area contributed by atoms with Crippen molar-refractivity contribution < 1.29 is 4.74 Å². The monoisotopic (exact) mass is 325 g/mol. The fourth-order valence-electron chi connectivity index (χ4n) is 2.23. The Balaban J connectivity index is 2.43. The highest BCUT2D eigenvalue weighted by Crippen LogP contribution is 2.22. The lowest BCUT2D eigenvalue weighted by molar-refractivity contribution is 0.195. The first-order chi connectivity index (χ1) is 10.5. The van der Waals surface area contributed by atoms with Crippen LogP contribution in [0.5, 0.6) is 0 Å². The van der Waals surface area contributed by atoms with E-state index < -0.39 is 0 Å². The number of benzene rings is 1. The molecule has 1 aromatic carbocycles. The molecule has 22 heavy (non-hydrogen) atoms. The van der Waals surface area contributed by atoms with E-state index in [0.717, 1.165) is 43.5 Å². The number of hydrogen-bond donors (Lipinski definition) is 2. The number of nitrogens with zero attached hydrogens (tertiary/aromatic N) is 1. The standard InChI is InChI=1S/C17H28ClN3O/c1-17(2,12-14-7-5-8-15(18)11-14)13-21-16(19-3)20-9-6-10-22-4/h5,7-8,11H,6,9-10,12-13H2,1-4H3,(H2,19,20,21). The Morgan fingerprint density at radius 3 is 2.73 bits per heavy atom. The topological polar surface area (TPSA) is 45.7 Å². The van der Waals surface area contributed by atoms with Crippen molar-refractivity contribution in [3.8, 4) is 0 Å². The summed E-state index contributed by atoms with van der Waals surface area (Å²) in [5.41, 5.74) is 1.36. The molecule has 0 aliphatic rings. The number of nitrogens with one attached hydrogen (secondary N) is 2. The van der Waals surface area contributed by atoms with Crippen LogP contribution in [0.3, 0.4) is 0 Å². The molecule has 1 rings (SSSR count). The Bertz CT molecular complexity index is 475.